The third-order valence-electron chi connectivity index (χ3n) is 5.45. The fourth-order valence-electron chi connectivity index (χ4n) is 4.03. The summed E-state index contributed by atoms with van der Waals surface area (Å²) in [6.45, 7) is 0. The number of alkyl halides is 5. The summed E-state index contributed by atoms with van der Waals surface area (Å²) < 4.78 is 65.6. The Labute approximate surface area is 157 Å². The standard InChI is InChI=1S/C17H19F5N4O2/c18-13(19)11-10-14(23-16(28)24-15(10)27)26(25-11)12(7-1-2-7)8-3-5-9(6-4-8)17(20,21)22/h3-7,10-14,16,23,25,28H,1-2H2,(H,24,27). The van der Waals surface area contributed by atoms with Crippen molar-refractivity contribution >= 4 is 5.91 Å². The highest BCUT2D eigenvalue weighted by atomic mass is 19.4. The molecule has 0 radical (unpaired) electrons. The number of hydrogen-bond acceptors (Lipinski definition) is 5. The van der Waals surface area contributed by atoms with Crippen LogP contribution < -0.4 is 16.1 Å². The molecule has 5 atom stereocenters. The van der Waals surface area contributed by atoms with E-state index >= 15 is 0 Å². The zero-order valence-electron chi connectivity index (χ0n) is 14.5. The zero-order valence-corrected chi connectivity index (χ0v) is 14.5. The van der Waals surface area contributed by atoms with Crippen LogP contribution in [0.4, 0.5) is 22.0 Å². The lowest BCUT2D eigenvalue weighted by molar-refractivity contribution is -0.139. The maximum atomic E-state index is 13.5. The van der Waals surface area contributed by atoms with Gasteiger partial charge in [0.25, 0.3) is 6.43 Å². The van der Waals surface area contributed by atoms with Crippen molar-refractivity contribution in [2.24, 2.45) is 11.8 Å². The molecule has 154 valence electrons. The van der Waals surface area contributed by atoms with Gasteiger partial charge in [-0.3, -0.25) is 10.1 Å². The Kier molecular flexibility index (Phi) is 4.81. The van der Waals surface area contributed by atoms with Crippen molar-refractivity contribution in [1.82, 2.24) is 21.1 Å². The summed E-state index contributed by atoms with van der Waals surface area (Å²) in [5.41, 5.74) is 2.40. The van der Waals surface area contributed by atoms with Gasteiger partial charge >= 0.3 is 6.18 Å². The predicted octanol–water partition coefficient (Wildman–Crippen LogP) is 1.55. The van der Waals surface area contributed by atoms with Gasteiger partial charge in [0.15, 0.2) is 6.35 Å². The molecule has 11 heteroatoms. The maximum absolute atomic E-state index is 13.5. The second kappa shape index (κ2) is 6.90. The van der Waals surface area contributed by atoms with Gasteiger partial charge in [-0.05, 0) is 36.5 Å². The van der Waals surface area contributed by atoms with Crippen molar-refractivity contribution < 1.29 is 31.9 Å². The molecule has 0 bridgehead atoms. The van der Waals surface area contributed by atoms with E-state index in [9.17, 15) is 31.9 Å². The first kappa shape index (κ1) is 19.5. The predicted molar refractivity (Wildman–Crippen MR) is 86.2 cm³/mol. The Bertz CT molecular complexity index is 740. The number of fused-ring (bicyclic) bond motifs is 1. The highest BCUT2D eigenvalue weighted by Crippen LogP contribution is 2.47. The van der Waals surface area contributed by atoms with Crippen LogP contribution in [0.2, 0.25) is 0 Å². The van der Waals surface area contributed by atoms with Crippen LogP contribution in [0, 0.1) is 11.8 Å². The minimum absolute atomic E-state index is 0.0465. The molecule has 6 nitrogen and oxygen atoms in total. The number of carbonyl (C=O) groups excluding carboxylic acids is 1. The molecule has 4 N–H and O–H groups in total. The maximum Gasteiger partial charge on any atom is 0.416 e. The molecule has 1 amide bonds. The number of aliphatic hydroxyl groups is 1. The third kappa shape index (κ3) is 3.47. The SMILES string of the molecule is O=C1NC(O)NC2C1C(C(F)F)NN2C(c1ccc(C(F)(F)F)cc1)C1CC1. The first-order chi connectivity index (χ1) is 13.2. The molecule has 2 aliphatic heterocycles. The van der Waals surface area contributed by atoms with Crippen LogP contribution in [0.15, 0.2) is 24.3 Å². The Hall–Kier alpha value is -1.82. The molecule has 0 spiro atoms. The number of halogens is 5. The molecule has 2 heterocycles. The normalized spacial score (nSPS) is 32.3. The average molecular weight is 406 g/mol. The smallest absolute Gasteiger partial charge is 0.361 e. The van der Waals surface area contributed by atoms with Crippen LogP contribution in [-0.2, 0) is 11.0 Å². The van der Waals surface area contributed by atoms with Crippen LogP contribution >= 0.6 is 0 Å². The minimum Gasteiger partial charge on any atom is -0.361 e. The largest absolute Gasteiger partial charge is 0.416 e. The fraction of sp³-hybridized carbons (Fsp3) is 0.588. The van der Waals surface area contributed by atoms with Gasteiger partial charge in [0, 0.05) is 0 Å². The first-order valence-corrected chi connectivity index (χ1v) is 8.91. The second-order valence-electron chi connectivity index (χ2n) is 7.35. The van der Waals surface area contributed by atoms with E-state index in [4.69, 9.17) is 0 Å². The Morgan fingerprint density at radius 1 is 1.14 bits per heavy atom. The molecule has 1 saturated carbocycles. The molecule has 3 aliphatic rings. The zero-order chi connectivity index (χ0) is 20.2. The molecule has 28 heavy (non-hydrogen) atoms. The van der Waals surface area contributed by atoms with Gasteiger partial charge in [0.05, 0.1) is 29.7 Å². The summed E-state index contributed by atoms with van der Waals surface area (Å²) >= 11 is 0. The van der Waals surface area contributed by atoms with Crippen molar-refractivity contribution in [3.63, 3.8) is 0 Å². The van der Waals surface area contributed by atoms with E-state index in [1.807, 2.05) is 0 Å². The van der Waals surface area contributed by atoms with Crippen LogP contribution in [-0.4, -0.2) is 41.0 Å². The summed E-state index contributed by atoms with van der Waals surface area (Å²) in [5, 5.41) is 16.1. The van der Waals surface area contributed by atoms with Gasteiger partial charge in [-0.15, -0.1) is 0 Å². The van der Waals surface area contributed by atoms with Crippen LogP contribution in [0.25, 0.3) is 0 Å². The molecule has 4 rings (SSSR count). The van der Waals surface area contributed by atoms with E-state index in [0.29, 0.717) is 5.56 Å². The lowest BCUT2D eigenvalue weighted by atomic mass is 9.94. The van der Waals surface area contributed by atoms with Gasteiger partial charge in [0.1, 0.15) is 0 Å². The molecule has 1 aromatic carbocycles. The molecule has 1 aliphatic carbocycles. The number of carbonyl (C=O) groups is 1. The van der Waals surface area contributed by atoms with Gasteiger partial charge in [-0.2, -0.15) is 13.2 Å². The topological polar surface area (TPSA) is 76.6 Å². The van der Waals surface area contributed by atoms with Gasteiger partial charge in [-0.25, -0.2) is 19.2 Å². The van der Waals surface area contributed by atoms with Crippen LogP contribution in [0.3, 0.4) is 0 Å². The van der Waals surface area contributed by atoms with Crippen LogP contribution in [0.1, 0.15) is 30.0 Å². The lowest BCUT2D eigenvalue weighted by Crippen LogP contribution is -2.65. The van der Waals surface area contributed by atoms with Crippen molar-refractivity contribution in [2.45, 2.75) is 50.0 Å². The number of nitrogens with one attached hydrogen (secondary N) is 3. The van der Waals surface area contributed by atoms with E-state index in [-0.39, 0.29) is 5.92 Å². The van der Waals surface area contributed by atoms with Crippen molar-refractivity contribution in [3.05, 3.63) is 35.4 Å². The number of hydrazine groups is 1. The molecule has 1 aromatic rings. The Balaban J connectivity index is 1.67. The number of nitrogens with zero attached hydrogens (tertiary/aromatic N) is 1. The highest BCUT2D eigenvalue weighted by molar-refractivity contribution is 5.81. The Morgan fingerprint density at radius 2 is 1.79 bits per heavy atom. The summed E-state index contributed by atoms with van der Waals surface area (Å²) in [5.74, 6) is -1.82. The van der Waals surface area contributed by atoms with Gasteiger partial charge in [-0.1, -0.05) is 12.1 Å². The molecular weight excluding hydrogens is 387 g/mol. The fourth-order valence-corrected chi connectivity index (χ4v) is 4.03. The first-order valence-electron chi connectivity index (χ1n) is 8.91. The Morgan fingerprint density at radius 3 is 2.32 bits per heavy atom. The number of rotatable bonds is 4. The molecule has 0 aromatic heterocycles. The summed E-state index contributed by atoms with van der Waals surface area (Å²) in [7, 11) is 0. The molecule has 5 unspecified atom stereocenters. The number of hydrogen-bond donors (Lipinski definition) is 4. The van der Waals surface area contributed by atoms with Gasteiger partial charge < -0.3 is 10.4 Å². The number of aliphatic hydroxyl groups excluding tert-OH is 1. The van der Waals surface area contributed by atoms with E-state index in [1.165, 1.54) is 17.1 Å². The average Bonchev–Trinajstić information content (AvgIpc) is 3.36. The van der Waals surface area contributed by atoms with Crippen molar-refractivity contribution in [1.29, 1.82) is 0 Å². The number of benzene rings is 1. The highest BCUT2D eigenvalue weighted by Gasteiger charge is 2.56. The van der Waals surface area contributed by atoms with Crippen molar-refractivity contribution in [2.75, 3.05) is 0 Å². The summed E-state index contributed by atoms with van der Waals surface area (Å²) in [4.78, 5) is 12.2. The van der Waals surface area contributed by atoms with Gasteiger partial charge in [0.2, 0.25) is 5.91 Å². The molecular formula is C17H19F5N4O2. The van der Waals surface area contributed by atoms with E-state index in [0.717, 1.165) is 25.0 Å². The van der Waals surface area contributed by atoms with E-state index in [1.54, 1.807) is 0 Å². The van der Waals surface area contributed by atoms with E-state index < -0.39 is 54.6 Å². The number of amides is 1. The summed E-state index contributed by atoms with van der Waals surface area (Å²) in [6.07, 6.45) is -8.06. The van der Waals surface area contributed by atoms with Crippen LogP contribution in [0.5, 0.6) is 0 Å². The van der Waals surface area contributed by atoms with Crippen molar-refractivity contribution in [3.8, 4) is 0 Å². The quantitative estimate of drug-likeness (QED) is 0.571. The minimum atomic E-state index is -4.47. The van der Waals surface area contributed by atoms with E-state index in [2.05, 4.69) is 16.1 Å². The molecule has 3 fully saturated rings. The second-order valence-corrected chi connectivity index (χ2v) is 7.35. The monoisotopic (exact) mass is 406 g/mol. The lowest BCUT2D eigenvalue weighted by Gasteiger charge is -2.38. The third-order valence-corrected chi connectivity index (χ3v) is 5.45. The summed E-state index contributed by atoms with van der Waals surface area (Å²) in [6, 6.07) is 2.59. The molecule has 2 saturated heterocycles.